The molecule has 2 aromatic rings. The molecule has 1 heterocycles. The third-order valence-corrected chi connectivity index (χ3v) is 3.98. The van der Waals surface area contributed by atoms with Gasteiger partial charge in [0, 0.05) is 4.88 Å². The number of nitrogens with one attached hydrogen (secondary N) is 1. The van der Waals surface area contributed by atoms with E-state index in [1.807, 2.05) is 18.4 Å². The summed E-state index contributed by atoms with van der Waals surface area (Å²) in [6.45, 7) is 5.38. The lowest BCUT2D eigenvalue weighted by Gasteiger charge is -2.04. The molecule has 0 amide bonds. The minimum atomic E-state index is 1.04. The highest BCUT2D eigenvalue weighted by Gasteiger charge is 2.05. The van der Waals surface area contributed by atoms with Crippen LogP contribution in [0.3, 0.4) is 0 Å². The summed E-state index contributed by atoms with van der Waals surface area (Å²) in [7, 11) is 2.00. The van der Waals surface area contributed by atoms with Crippen LogP contribution in [-0.4, -0.2) is 13.6 Å². The molecular weight excluding hydrogens is 226 g/mol. The monoisotopic (exact) mass is 245 g/mol. The third kappa shape index (κ3) is 2.96. The van der Waals surface area contributed by atoms with Gasteiger partial charge in [-0.15, -0.1) is 11.3 Å². The van der Waals surface area contributed by atoms with Crippen LogP contribution < -0.4 is 5.32 Å². The summed E-state index contributed by atoms with van der Waals surface area (Å²) < 4.78 is 0. The van der Waals surface area contributed by atoms with Crippen molar-refractivity contribution in [1.82, 2.24) is 5.32 Å². The van der Waals surface area contributed by atoms with E-state index in [4.69, 9.17) is 0 Å². The molecule has 1 aromatic heterocycles. The Labute approximate surface area is 108 Å². The first-order chi connectivity index (χ1) is 8.20. The zero-order chi connectivity index (χ0) is 12.3. The Morgan fingerprint density at radius 2 is 2.00 bits per heavy atom. The summed E-state index contributed by atoms with van der Waals surface area (Å²) in [6.07, 6.45) is 1.11. The number of benzene rings is 1. The lowest BCUT2D eigenvalue weighted by Crippen LogP contribution is -2.09. The van der Waals surface area contributed by atoms with Gasteiger partial charge in [0.1, 0.15) is 0 Å². The second kappa shape index (κ2) is 5.48. The maximum absolute atomic E-state index is 3.19. The number of rotatable bonds is 4. The van der Waals surface area contributed by atoms with Gasteiger partial charge in [-0.2, -0.15) is 0 Å². The van der Waals surface area contributed by atoms with E-state index in [-0.39, 0.29) is 0 Å². The van der Waals surface area contributed by atoms with Crippen LogP contribution in [-0.2, 0) is 6.42 Å². The smallest absolute Gasteiger partial charge is 0.0348 e. The Morgan fingerprint density at radius 1 is 1.18 bits per heavy atom. The Balaban J connectivity index is 2.24. The predicted octanol–water partition coefficient (Wildman–Crippen LogP) is 3.79. The normalized spacial score (nSPS) is 10.8. The van der Waals surface area contributed by atoms with Crippen molar-refractivity contribution in [2.24, 2.45) is 0 Å². The van der Waals surface area contributed by atoms with Crippen molar-refractivity contribution in [3.05, 3.63) is 46.3 Å². The molecule has 0 fully saturated rings. The SMILES string of the molecule is CNCCc1csc(-c2ccc(C)cc2C)c1. The number of thiophene rings is 1. The molecule has 0 saturated heterocycles. The molecule has 0 atom stereocenters. The number of hydrogen-bond acceptors (Lipinski definition) is 2. The lowest BCUT2D eigenvalue weighted by molar-refractivity contribution is 0.793. The largest absolute Gasteiger partial charge is 0.319 e. The van der Waals surface area contributed by atoms with Gasteiger partial charge in [0.15, 0.2) is 0 Å². The van der Waals surface area contributed by atoms with Crippen molar-refractivity contribution in [1.29, 1.82) is 0 Å². The molecule has 0 saturated carbocycles. The van der Waals surface area contributed by atoms with Crippen LogP contribution in [0.1, 0.15) is 16.7 Å². The molecule has 2 heteroatoms. The summed E-state index contributed by atoms with van der Waals surface area (Å²) in [5.41, 5.74) is 5.50. The maximum Gasteiger partial charge on any atom is 0.0348 e. The van der Waals surface area contributed by atoms with Crippen LogP contribution in [0, 0.1) is 13.8 Å². The molecule has 0 aliphatic rings. The van der Waals surface area contributed by atoms with Gasteiger partial charge in [-0.25, -0.2) is 0 Å². The molecule has 17 heavy (non-hydrogen) atoms. The van der Waals surface area contributed by atoms with Crippen molar-refractivity contribution >= 4 is 11.3 Å². The van der Waals surface area contributed by atoms with Gasteiger partial charge in [0.2, 0.25) is 0 Å². The maximum atomic E-state index is 3.19. The second-order valence-corrected chi connectivity index (χ2v) is 5.40. The summed E-state index contributed by atoms with van der Waals surface area (Å²) in [5.74, 6) is 0. The van der Waals surface area contributed by atoms with Gasteiger partial charge < -0.3 is 5.32 Å². The topological polar surface area (TPSA) is 12.0 Å². The fourth-order valence-corrected chi connectivity index (χ4v) is 3.05. The summed E-state index contributed by atoms with van der Waals surface area (Å²) in [5, 5.41) is 5.46. The molecule has 90 valence electrons. The van der Waals surface area contributed by atoms with Crippen LogP contribution in [0.25, 0.3) is 10.4 Å². The summed E-state index contributed by atoms with van der Waals surface area (Å²) in [4.78, 5) is 1.38. The first-order valence-electron chi connectivity index (χ1n) is 6.00. The summed E-state index contributed by atoms with van der Waals surface area (Å²) in [6, 6.07) is 9.00. The van der Waals surface area contributed by atoms with E-state index < -0.39 is 0 Å². The second-order valence-electron chi connectivity index (χ2n) is 4.49. The van der Waals surface area contributed by atoms with Gasteiger partial charge in [0.25, 0.3) is 0 Å². The molecule has 0 aliphatic heterocycles. The molecule has 0 radical (unpaired) electrons. The van der Waals surface area contributed by atoms with Gasteiger partial charge >= 0.3 is 0 Å². The highest BCUT2D eigenvalue weighted by Crippen LogP contribution is 2.30. The highest BCUT2D eigenvalue weighted by atomic mass is 32.1. The average molecular weight is 245 g/mol. The first-order valence-corrected chi connectivity index (χ1v) is 6.88. The Hall–Kier alpha value is -1.12. The molecular formula is C15H19NS. The minimum Gasteiger partial charge on any atom is -0.319 e. The van der Waals surface area contributed by atoms with E-state index in [0.29, 0.717) is 0 Å². The predicted molar refractivity (Wildman–Crippen MR) is 76.9 cm³/mol. The van der Waals surface area contributed by atoms with E-state index in [0.717, 1.165) is 13.0 Å². The van der Waals surface area contributed by atoms with Crippen LogP contribution in [0.2, 0.25) is 0 Å². The number of hydrogen-bond donors (Lipinski definition) is 1. The molecule has 0 bridgehead atoms. The van der Waals surface area contributed by atoms with Crippen molar-refractivity contribution in [2.45, 2.75) is 20.3 Å². The Morgan fingerprint density at radius 3 is 2.71 bits per heavy atom. The zero-order valence-electron chi connectivity index (χ0n) is 10.7. The van der Waals surface area contributed by atoms with E-state index in [2.05, 4.69) is 48.8 Å². The fraction of sp³-hybridized carbons (Fsp3) is 0.333. The number of aryl methyl sites for hydroxylation is 2. The number of likely N-dealkylation sites (N-methyl/N-ethyl adjacent to an activating group) is 1. The fourth-order valence-electron chi connectivity index (χ4n) is 2.01. The minimum absolute atomic E-state index is 1.04. The van der Waals surface area contributed by atoms with E-state index in [1.165, 1.54) is 27.1 Å². The summed E-state index contributed by atoms with van der Waals surface area (Å²) >= 11 is 1.85. The first kappa shape index (κ1) is 12.3. The van der Waals surface area contributed by atoms with Crippen LogP contribution in [0.5, 0.6) is 0 Å². The highest BCUT2D eigenvalue weighted by molar-refractivity contribution is 7.13. The van der Waals surface area contributed by atoms with Gasteiger partial charge in [0.05, 0.1) is 0 Å². The molecule has 1 nitrogen and oxygen atoms in total. The van der Waals surface area contributed by atoms with Gasteiger partial charge in [-0.1, -0.05) is 23.8 Å². The van der Waals surface area contributed by atoms with Crippen molar-refractivity contribution in [3.8, 4) is 10.4 Å². The van der Waals surface area contributed by atoms with Gasteiger partial charge in [-0.3, -0.25) is 0 Å². The molecule has 0 spiro atoms. The average Bonchev–Trinajstić information content (AvgIpc) is 2.75. The molecule has 1 N–H and O–H groups in total. The van der Waals surface area contributed by atoms with Crippen molar-refractivity contribution < 1.29 is 0 Å². The Kier molecular flexibility index (Phi) is 3.97. The van der Waals surface area contributed by atoms with Crippen LogP contribution in [0.15, 0.2) is 29.6 Å². The van der Waals surface area contributed by atoms with Crippen LogP contribution >= 0.6 is 11.3 Å². The van der Waals surface area contributed by atoms with Crippen molar-refractivity contribution in [2.75, 3.05) is 13.6 Å². The van der Waals surface area contributed by atoms with E-state index in [9.17, 15) is 0 Å². The molecule has 0 aliphatic carbocycles. The van der Waals surface area contributed by atoms with E-state index >= 15 is 0 Å². The standard InChI is InChI=1S/C15H19NS/c1-11-4-5-14(12(2)8-11)15-9-13(10-17-15)6-7-16-3/h4-5,8-10,16H,6-7H2,1-3H3. The quantitative estimate of drug-likeness (QED) is 0.864. The third-order valence-electron chi connectivity index (χ3n) is 2.96. The zero-order valence-corrected chi connectivity index (χ0v) is 11.5. The van der Waals surface area contributed by atoms with Crippen molar-refractivity contribution in [3.63, 3.8) is 0 Å². The Bertz CT molecular complexity index is 499. The lowest BCUT2D eigenvalue weighted by atomic mass is 10.0. The molecule has 2 rings (SSSR count). The van der Waals surface area contributed by atoms with Crippen LogP contribution in [0.4, 0.5) is 0 Å². The molecule has 0 unspecified atom stereocenters. The molecule has 1 aromatic carbocycles. The van der Waals surface area contributed by atoms with Gasteiger partial charge in [-0.05, 0) is 62.0 Å². The van der Waals surface area contributed by atoms with E-state index in [1.54, 1.807) is 0 Å².